The standard InChI is InChI=1S/C29H27Cl2FN6O3.C29H28ClFN8O2/c1-15-28(35-27(31)25(33-15)26(39)18-9-10-20-19(23(18)30)13-37(2)36-20)38-17-8-11-22(38)24(32)21(12-17)34-29(40)41-14-16-6-4-3-5-7-16;1-15-28(34-27-26(32-15)25(35-36-27)18-9-10-20-19(23(18)30)13-38(2)37-20)39-17-8-11-22(39)24(31)21(12-17)33-29(40)41-14-16-6-4-3-5-7-16/h3-7,9-10,13,17,21-22,24H,8,11-12,14H2,1-2H3,(H,34,40);3-7,9-10,13,17,21-22,24H,8,11-12,14H2,1-2H3,(H,33,40)(H,34,35,36)/t2*17-,21-,22+,24-/m00/s1. The van der Waals surface area contributed by atoms with Crippen LogP contribution in [-0.4, -0.2) is 116 Å². The molecule has 3 N–H and O–H groups in total. The van der Waals surface area contributed by atoms with Crippen LogP contribution in [0.1, 0.15) is 77.1 Å². The predicted molar refractivity (Wildman–Crippen MR) is 307 cm³/mol. The number of hydrogen-bond acceptors (Lipinski definition) is 14. The molecular formula is C58H55Cl3F2N14O5. The van der Waals surface area contributed by atoms with Gasteiger partial charge in [0.05, 0.1) is 62.3 Å². The van der Waals surface area contributed by atoms with Gasteiger partial charge in [-0.15, -0.1) is 0 Å². The second-order valence-electron chi connectivity index (χ2n) is 21.2. The Hall–Kier alpha value is -8.01. The minimum absolute atomic E-state index is 0.0118. The number of alkyl halides is 2. The van der Waals surface area contributed by atoms with Crippen LogP contribution in [0.25, 0.3) is 44.2 Å². The fourth-order valence-electron chi connectivity index (χ4n) is 12.1. The average Bonchev–Trinajstić information content (AvgIpc) is 4.50. The highest BCUT2D eigenvalue weighted by Crippen LogP contribution is 2.44. The van der Waals surface area contributed by atoms with E-state index >= 15 is 8.78 Å². The van der Waals surface area contributed by atoms with Gasteiger partial charge in [0.1, 0.15) is 36.8 Å². The molecule has 4 saturated heterocycles. The van der Waals surface area contributed by atoms with E-state index in [1.54, 1.807) is 41.7 Å². The van der Waals surface area contributed by atoms with Gasteiger partial charge in [0.25, 0.3) is 0 Å². The monoisotopic (exact) mass is 1170 g/mol. The lowest BCUT2D eigenvalue weighted by atomic mass is 9.95. The van der Waals surface area contributed by atoms with E-state index in [0.717, 1.165) is 40.4 Å². The number of piperidine rings is 2. The molecule has 422 valence electrons. The lowest BCUT2D eigenvalue weighted by Crippen LogP contribution is -2.58. The van der Waals surface area contributed by atoms with Crippen LogP contribution >= 0.6 is 34.8 Å². The van der Waals surface area contributed by atoms with Crippen molar-refractivity contribution in [1.29, 1.82) is 0 Å². The van der Waals surface area contributed by atoms with Crippen LogP contribution in [0.5, 0.6) is 0 Å². The van der Waals surface area contributed by atoms with Gasteiger partial charge in [-0.3, -0.25) is 19.3 Å². The molecule has 5 aromatic heterocycles. The van der Waals surface area contributed by atoms with Crippen molar-refractivity contribution in [3.05, 3.63) is 146 Å². The van der Waals surface area contributed by atoms with E-state index in [9.17, 15) is 14.4 Å². The number of carbonyl (C=O) groups is 3. The third-order valence-corrected chi connectivity index (χ3v) is 17.0. The van der Waals surface area contributed by atoms with E-state index < -0.39 is 54.5 Å². The third kappa shape index (κ3) is 10.4. The summed E-state index contributed by atoms with van der Waals surface area (Å²) in [4.78, 5) is 61.0. The maximum Gasteiger partial charge on any atom is 0.407 e. The SMILES string of the molecule is Cc1nc(C(=O)c2ccc3nn(C)cc3c2Cl)c(Cl)nc1N1[C@H]2CC[C@@H]1[C@@H](F)[C@@H](NC(=O)OCc1ccccc1)C2.Cc1nc2c(-c3ccc4nn(C)cc4c3Cl)[nH]nc2nc1N1[C@H]2CC[C@@H]1[C@@H](F)[C@@H](NC(=O)OCc1ccccc1)C2. The molecule has 4 fully saturated rings. The zero-order valence-electron chi connectivity index (χ0n) is 44.9. The first kappa shape index (κ1) is 54.6. The highest BCUT2D eigenvalue weighted by atomic mass is 35.5. The number of fused-ring (bicyclic) bond motifs is 7. The molecule has 4 bridgehead atoms. The van der Waals surface area contributed by atoms with Crippen LogP contribution in [0.2, 0.25) is 15.2 Å². The molecule has 0 saturated carbocycles. The maximum absolute atomic E-state index is 15.8. The quantitative estimate of drug-likeness (QED) is 0.103. The molecule has 2 amide bonds. The number of carbonyl (C=O) groups excluding carboxylic acids is 3. The van der Waals surface area contributed by atoms with Gasteiger partial charge in [0.2, 0.25) is 11.4 Å². The number of nitrogens with zero attached hydrogens (tertiary/aromatic N) is 11. The van der Waals surface area contributed by atoms with Crippen LogP contribution in [0.15, 0.2) is 97.3 Å². The highest BCUT2D eigenvalue weighted by molar-refractivity contribution is 6.40. The summed E-state index contributed by atoms with van der Waals surface area (Å²) < 4.78 is 45.6. The maximum atomic E-state index is 15.8. The summed E-state index contributed by atoms with van der Waals surface area (Å²) in [5, 5.41) is 23.9. The van der Waals surface area contributed by atoms with Crippen molar-refractivity contribution in [2.45, 2.75) is 114 Å². The number of rotatable bonds is 11. The summed E-state index contributed by atoms with van der Waals surface area (Å²) in [6.45, 7) is 3.84. The predicted octanol–water partition coefficient (Wildman–Crippen LogP) is 10.8. The van der Waals surface area contributed by atoms with Gasteiger partial charge in [-0.1, -0.05) is 95.5 Å². The van der Waals surface area contributed by atoms with E-state index in [1.165, 1.54) is 0 Å². The topological polar surface area (TPSA) is 216 Å². The number of H-pyrrole nitrogens is 1. The lowest BCUT2D eigenvalue weighted by molar-refractivity contribution is 0.103. The molecule has 0 unspecified atom stereocenters. The summed E-state index contributed by atoms with van der Waals surface area (Å²) in [6, 6.07) is 23.5. The molecule has 24 heteroatoms. The molecular weight excluding hydrogens is 1120 g/mol. The number of alkyl carbamates (subject to hydrolysis) is 2. The number of ketones is 1. The number of aromatic nitrogens is 10. The minimum atomic E-state index is -1.36. The van der Waals surface area contributed by atoms with E-state index in [1.807, 2.05) is 103 Å². The van der Waals surface area contributed by atoms with Gasteiger partial charge in [0.15, 0.2) is 16.8 Å². The molecule has 19 nitrogen and oxygen atoms in total. The molecule has 9 aromatic rings. The number of nitrogens with one attached hydrogen (secondary N) is 3. The van der Waals surface area contributed by atoms with Crippen LogP contribution in [0.4, 0.5) is 30.0 Å². The second kappa shape index (κ2) is 22.4. The summed E-state index contributed by atoms with van der Waals surface area (Å²) in [7, 11) is 3.62. The molecule has 4 aromatic carbocycles. The Morgan fingerprint density at radius 1 is 0.646 bits per heavy atom. The number of benzene rings is 4. The Morgan fingerprint density at radius 2 is 1.16 bits per heavy atom. The molecule has 0 spiro atoms. The summed E-state index contributed by atoms with van der Waals surface area (Å²) in [5.41, 5.74) is 6.98. The van der Waals surface area contributed by atoms with Crippen molar-refractivity contribution in [3.8, 4) is 11.3 Å². The minimum Gasteiger partial charge on any atom is -0.445 e. The van der Waals surface area contributed by atoms with Crippen LogP contribution in [-0.2, 0) is 36.8 Å². The van der Waals surface area contributed by atoms with Gasteiger partial charge < -0.3 is 29.9 Å². The average molecular weight is 1170 g/mol. The van der Waals surface area contributed by atoms with Crippen molar-refractivity contribution in [3.63, 3.8) is 0 Å². The van der Waals surface area contributed by atoms with Crippen molar-refractivity contribution in [2.75, 3.05) is 9.80 Å². The Labute approximate surface area is 483 Å². The number of aryl methyl sites for hydroxylation is 4. The molecule has 13 rings (SSSR count). The normalized spacial score (nSPS) is 21.9. The molecule has 4 aliphatic rings. The van der Waals surface area contributed by atoms with Gasteiger partial charge in [-0.05, 0) is 87.8 Å². The fraction of sp³-hybridized carbons (Fsp3) is 0.345. The molecule has 4 aliphatic heterocycles. The van der Waals surface area contributed by atoms with Crippen molar-refractivity contribution in [2.24, 2.45) is 14.1 Å². The number of anilines is 2. The number of aromatic amines is 1. The van der Waals surface area contributed by atoms with E-state index in [-0.39, 0.29) is 46.7 Å². The van der Waals surface area contributed by atoms with Gasteiger partial charge in [-0.25, -0.2) is 38.3 Å². The molecule has 9 heterocycles. The zero-order valence-corrected chi connectivity index (χ0v) is 47.1. The Balaban J connectivity index is 0.000000162. The third-order valence-electron chi connectivity index (χ3n) is 15.9. The van der Waals surface area contributed by atoms with E-state index in [4.69, 9.17) is 54.2 Å². The van der Waals surface area contributed by atoms with Crippen molar-refractivity contribution >= 4 is 97.4 Å². The summed E-state index contributed by atoms with van der Waals surface area (Å²) in [5.74, 6) is 0.585. The Kier molecular flexibility index (Phi) is 14.9. The Bertz CT molecular complexity index is 3920. The van der Waals surface area contributed by atoms with Crippen molar-refractivity contribution in [1.82, 2.24) is 60.3 Å². The first-order valence-electron chi connectivity index (χ1n) is 26.9. The highest BCUT2D eigenvalue weighted by Gasteiger charge is 2.51. The largest absolute Gasteiger partial charge is 0.445 e. The number of amides is 2. The first-order valence-corrected chi connectivity index (χ1v) is 28.1. The zero-order chi connectivity index (χ0) is 57.1. The second-order valence-corrected chi connectivity index (χ2v) is 22.3. The molecule has 0 radical (unpaired) electrons. The smallest absolute Gasteiger partial charge is 0.407 e. The van der Waals surface area contributed by atoms with Gasteiger partial charge >= 0.3 is 12.2 Å². The van der Waals surface area contributed by atoms with E-state index in [2.05, 4.69) is 41.0 Å². The summed E-state index contributed by atoms with van der Waals surface area (Å²) >= 11 is 19.8. The molecule has 0 aliphatic carbocycles. The fourth-order valence-corrected chi connectivity index (χ4v) is 12.9. The van der Waals surface area contributed by atoms with Crippen LogP contribution in [0, 0.1) is 13.8 Å². The molecule has 8 atom stereocenters. The van der Waals surface area contributed by atoms with Gasteiger partial charge in [-0.2, -0.15) is 15.3 Å². The van der Waals surface area contributed by atoms with Crippen LogP contribution < -0.4 is 20.4 Å². The Morgan fingerprint density at radius 3 is 1.72 bits per heavy atom. The van der Waals surface area contributed by atoms with Crippen molar-refractivity contribution < 1.29 is 32.6 Å². The number of hydrogen-bond donors (Lipinski definition) is 3. The summed E-state index contributed by atoms with van der Waals surface area (Å²) in [6.07, 6.45) is 3.30. The van der Waals surface area contributed by atoms with Crippen LogP contribution in [0.3, 0.4) is 0 Å². The van der Waals surface area contributed by atoms with Gasteiger partial charge in [0, 0.05) is 60.5 Å². The molecule has 82 heavy (non-hydrogen) atoms. The lowest BCUT2D eigenvalue weighted by Gasteiger charge is -2.42. The number of ether oxygens (including phenoxy) is 2. The first-order chi connectivity index (χ1) is 39.6. The number of halogens is 5. The van der Waals surface area contributed by atoms with E-state index in [0.29, 0.717) is 81.5 Å².